The van der Waals surface area contributed by atoms with Gasteiger partial charge in [-0.2, -0.15) is 0 Å². The highest BCUT2D eigenvalue weighted by Gasteiger charge is 2.19. The summed E-state index contributed by atoms with van der Waals surface area (Å²) in [6.45, 7) is 3.52. The number of amides is 1. The molecule has 2 rings (SSSR count). The van der Waals surface area contributed by atoms with Crippen LogP contribution in [-0.4, -0.2) is 25.1 Å². The first kappa shape index (κ1) is 16.2. The lowest BCUT2D eigenvalue weighted by molar-refractivity contribution is 0.0943. The molecule has 1 aromatic carbocycles. The largest absolute Gasteiger partial charge is 0.493 e. The molecular weight excluding hydrogens is 307 g/mol. The minimum absolute atomic E-state index is 0.285. The summed E-state index contributed by atoms with van der Waals surface area (Å²) < 4.78 is 24.4. The smallest absolute Gasteiger partial charge is 0.263 e. The first-order valence-electron chi connectivity index (χ1n) is 6.61. The number of methoxy groups -OCH3 is 2. The molecule has 22 heavy (non-hydrogen) atoms. The molecule has 0 aliphatic rings. The number of thiazole rings is 1. The second kappa shape index (κ2) is 6.74. The van der Waals surface area contributed by atoms with Crippen molar-refractivity contribution < 1.29 is 18.7 Å². The fourth-order valence-electron chi connectivity index (χ4n) is 2.01. The van der Waals surface area contributed by atoms with Gasteiger partial charge >= 0.3 is 0 Å². The summed E-state index contributed by atoms with van der Waals surface area (Å²) >= 11 is 1.29. The van der Waals surface area contributed by atoms with E-state index in [4.69, 9.17) is 9.47 Å². The molecule has 1 aromatic heterocycles. The van der Waals surface area contributed by atoms with Gasteiger partial charge in [-0.1, -0.05) is 0 Å². The number of nitrogens with zero attached hydrogens (tertiary/aromatic N) is 1. The van der Waals surface area contributed by atoms with Crippen LogP contribution in [0.1, 0.15) is 33.2 Å². The molecule has 1 heterocycles. The van der Waals surface area contributed by atoms with Crippen molar-refractivity contribution >= 4 is 17.2 Å². The Bertz CT molecular complexity index is 687. The number of hydrogen-bond donors (Lipinski definition) is 1. The SMILES string of the molecule is COc1cc(F)c(C(C)NC(=O)c2cnc(C)s2)cc1OC. The average molecular weight is 324 g/mol. The summed E-state index contributed by atoms with van der Waals surface area (Å²) in [5, 5.41) is 3.55. The number of benzene rings is 1. The molecule has 0 spiro atoms. The van der Waals surface area contributed by atoms with Gasteiger partial charge in [-0.25, -0.2) is 9.37 Å². The zero-order valence-electron chi connectivity index (χ0n) is 12.8. The molecule has 0 bridgehead atoms. The van der Waals surface area contributed by atoms with Crippen molar-refractivity contribution in [1.82, 2.24) is 10.3 Å². The van der Waals surface area contributed by atoms with Crippen molar-refractivity contribution in [2.75, 3.05) is 14.2 Å². The molecule has 1 amide bonds. The van der Waals surface area contributed by atoms with Gasteiger partial charge in [0.1, 0.15) is 10.7 Å². The highest BCUT2D eigenvalue weighted by Crippen LogP contribution is 2.32. The van der Waals surface area contributed by atoms with Gasteiger partial charge in [0.25, 0.3) is 5.91 Å². The standard InChI is InChI=1S/C15H17FN2O3S/c1-8(18-15(19)14-7-17-9(2)22-14)10-5-12(20-3)13(21-4)6-11(10)16/h5-8H,1-4H3,(H,18,19). The molecule has 0 aliphatic carbocycles. The first-order valence-corrected chi connectivity index (χ1v) is 7.42. The van der Waals surface area contributed by atoms with Gasteiger partial charge < -0.3 is 14.8 Å². The number of carbonyl (C=O) groups excluding carboxylic acids is 1. The fourth-order valence-corrected chi connectivity index (χ4v) is 2.69. The van der Waals surface area contributed by atoms with E-state index in [1.807, 2.05) is 6.92 Å². The van der Waals surface area contributed by atoms with E-state index >= 15 is 0 Å². The van der Waals surface area contributed by atoms with Crippen molar-refractivity contribution in [3.05, 3.63) is 39.6 Å². The zero-order valence-corrected chi connectivity index (χ0v) is 13.6. The third kappa shape index (κ3) is 3.36. The summed E-state index contributed by atoms with van der Waals surface area (Å²) in [7, 11) is 2.91. The summed E-state index contributed by atoms with van der Waals surface area (Å²) in [4.78, 5) is 16.6. The first-order chi connectivity index (χ1) is 10.5. The highest BCUT2D eigenvalue weighted by atomic mass is 32.1. The molecule has 5 nitrogen and oxygen atoms in total. The Morgan fingerprint density at radius 2 is 1.95 bits per heavy atom. The lowest BCUT2D eigenvalue weighted by Crippen LogP contribution is -2.26. The molecule has 0 fully saturated rings. The van der Waals surface area contributed by atoms with Crippen molar-refractivity contribution in [3.8, 4) is 11.5 Å². The van der Waals surface area contributed by atoms with Gasteiger partial charge in [0, 0.05) is 11.6 Å². The number of hydrogen-bond acceptors (Lipinski definition) is 5. The maximum Gasteiger partial charge on any atom is 0.263 e. The summed E-state index contributed by atoms with van der Waals surface area (Å²) in [6, 6.07) is 2.25. The van der Waals surface area contributed by atoms with E-state index in [2.05, 4.69) is 10.3 Å². The summed E-state index contributed by atoms with van der Waals surface area (Å²) in [5.74, 6) is -0.0350. The van der Waals surface area contributed by atoms with E-state index in [0.717, 1.165) is 5.01 Å². The monoisotopic (exact) mass is 324 g/mol. The number of halogens is 1. The lowest BCUT2D eigenvalue weighted by Gasteiger charge is -2.17. The van der Waals surface area contributed by atoms with Crippen LogP contribution in [0.5, 0.6) is 11.5 Å². The summed E-state index contributed by atoms with van der Waals surface area (Å²) in [6.07, 6.45) is 1.51. The molecule has 0 radical (unpaired) electrons. The molecule has 118 valence electrons. The number of nitrogens with one attached hydrogen (secondary N) is 1. The average Bonchev–Trinajstić information content (AvgIpc) is 2.93. The second-order valence-corrected chi connectivity index (χ2v) is 5.90. The van der Waals surface area contributed by atoms with Gasteiger partial charge in [0.05, 0.1) is 31.5 Å². The quantitative estimate of drug-likeness (QED) is 0.918. The fraction of sp³-hybridized carbons (Fsp3) is 0.333. The third-order valence-electron chi connectivity index (χ3n) is 3.16. The molecule has 1 N–H and O–H groups in total. The van der Waals surface area contributed by atoms with Crippen LogP contribution in [0.15, 0.2) is 18.3 Å². The van der Waals surface area contributed by atoms with Crippen LogP contribution in [0, 0.1) is 12.7 Å². The molecular formula is C15H17FN2O3S. The van der Waals surface area contributed by atoms with Crippen LogP contribution in [0.2, 0.25) is 0 Å². The van der Waals surface area contributed by atoms with Crippen molar-refractivity contribution in [2.24, 2.45) is 0 Å². The van der Waals surface area contributed by atoms with E-state index in [-0.39, 0.29) is 5.91 Å². The zero-order chi connectivity index (χ0) is 16.3. The minimum Gasteiger partial charge on any atom is -0.493 e. The predicted molar refractivity (Wildman–Crippen MR) is 82.2 cm³/mol. The Morgan fingerprint density at radius 1 is 1.32 bits per heavy atom. The van der Waals surface area contributed by atoms with Gasteiger partial charge in [-0.05, 0) is 19.9 Å². The van der Waals surface area contributed by atoms with Crippen LogP contribution in [0.4, 0.5) is 4.39 Å². The molecule has 0 saturated carbocycles. The van der Waals surface area contributed by atoms with E-state index < -0.39 is 11.9 Å². The predicted octanol–water partition coefficient (Wildman–Crippen LogP) is 3.10. The number of ether oxygens (including phenoxy) is 2. The Kier molecular flexibility index (Phi) is 4.97. The number of carbonyl (C=O) groups is 1. The van der Waals surface area contributed by atoms with Crippen LogP contribution in [-0.2, 0) is 0 Å². The molecule has 7 heteroatoms. The third-order valence-corrected chi connectivity index (χ3v) is 4.07. The number of aromatic nitrogens is 1. The highest BCUT2D eigenvalue weighted by molar-refractivity contribution is 7.13. The van der Waals surface area contributed by atoms with Crippen LogP contribution in [0.25, 0.3) is 0 Å². The second-order valence-electron chi connectivity index (χ2n) is 4.67. The van der Waals surface area contributed by atoms with E-state index in [9.17, 15) is 9.18 Å². The lowest BCUT2D eigenvalue weighted by atomic mass is 10.1. The van der Waals surface area contributed by atoms with E-state index in [1.54, 1.807) is 6.92 Å². The van der Waals surface area contributed by atoms with Crippen molar-refractivity contribution in [2.45, 2.75) is 19.9 Å². The van der Waals surface area contributed by atoms with Crippen molar-refractivity contribution in [3.63, 3.8) is 0 Å². The normalized spacial score (nSPS) is 11.9. The van der Waals surface area contributed by atoms with Gasteiger partial charge in [0.2, 0.25) is 0 Å². The Labute approximate surface area is 132 Å². The Balaban J connectivity index is 2.22. The van der Waals surface area contributed by atoms with Gasteiger partial charge in [-0.3, -0.25) is 4.79 Å². The van der Waals surface area contributed by atoms with Crippen LogP contribution < -0.4 is 14.8 Å². The van der Waals surface area contributed by atoms with Crippen LogP contribution in [0.3, 0.4) is 0 Å². The Morgan fingerprint density at radius 3 is 2.50 bits per heavy atom. The maximum absolute atomic E-state index is 14.2. The molecule has 1 unspecified atom stereocenters. The number of aryl methyl sites for hydroxylation is 1. The van der Waals surface area contributed by atoms with Gasteiger partial charge in [0.15, 0.2) is 11.5 Å². The van der Waals surface area contributed by atoms with Gasteiger partial charge in [-0.15, -0.1) is 11.3 Å². The molecule has 0 aliphatic heterocycles. The topological polar surface area (TPSA) is 60.5 Å². The Hall–Kier alpha value is -2.15. The van der Waals surface area contributed by atoms with E-state index in [1.165, 1.54) is 43.9 Å². The van der Waals surface area contributed by atoms with Crippen molar-refractivity contribution in [1.29, 1.82) is 0 Å². The molecule has 1 atom stereocenters. The van der Waals surface area contributed by atoms with E-state index in [0.29, 0.717) is 21.9 Å². The number of rotatable bonds is 5. The molecule has 0 saturated heterocycles. The van der Waals surface area contributed by atoms with Crippen LogP contribution >= 0.6 is 11.3 Å². The maximum atomic E-state index is 14.2. The minimum atomic E-state index is -0.519. The molecule has 2 aromatic rings. The summed E-state index contributed by atoms with van der Waals surface area (Å²) in [5.41, 5.74) is 0.326.